The summed E-state index contributed by atoms with van der Waals surface area (Å²) in [6, 6.07) is 7.71. The number of hydrogen-bond donors (Lipinski definition) is 2. The third kappa shape index (κ3) is 2.82. The van der Waals surface area contributed by atoms with E-state index >= 15 is 0 Å². The van der Waals surface area contributed by atoms with Crippen LogP contribution in [0, 0.1) is 0 Å². The number of benzene rings is 1. The molecule has 98 valence electrons. The van der Waals surface area contributed by atoms with Gasteiger partial charge in [0.2, 0.25) is 0 Å². The summed E-state index contributed by atoms with van der Waals surface area (Å²) >= 11 is 0. The van der Waals surface area contributed by atoms with E-state index in [1.165, 1.54) is 0 Å². The SMILES string of the molecule is CCCC1CNCCN1c1cccc(C(=O)O)c1. The Morgan fingerprint density at radius 1 is 1.56 bits per heavy atom. The predicted octanol–water partition coefficient (Wildman–Crippen LogP) is 1.96. The Labute approximate surface area is 108 Å². The van der Waals surface area contributed by atoms with Crippen LogP contribution in [0.25, 0.3) is 0 Å². The van der Waals surface area contributed by atoms with Crippen LogP contribution in [0.4, 0.5) is 5.69 Å². The predicted molar refractivity (Wildman–Crippen MR) is 72.3 cm³/mol. The molecule has 0 aromatic heterocycles. The topological polar surface area (TPSA) is 52.6 Å². The molecule has 1 saturated heterocycles. The summed E-state index contributed by atoms with van der Waals surface area (Å²) in [7, 11) is 0. The molecule has 0 amide bonds. The number of piperazine rings is 1. The Morgan fingerprint density at radius 3 is 3.11 bits per heavy atom. The first-order valence-corrected chi connectivity index (χ1v) is 6.53. The molecule has 0 radical (unpaired) electrons. The molecule has 0 saturated carbocycles. The second-order valence-corrected chi connectivity index (χ2v) is 4.70. The van der Waals surface area contributed by atoms with Gasteiger partial charge < -0.3 is 15.3 Å². The number of nitrogens with one attached hydrogen (secondary N) is 1. The number of rotatable bonds is 4. The normalized spacial score (nSPS) is 19.8. The lowest BCUT2D eigenvalue weighted by Crippen LogP contribution is -2.51. The van der Waals surface area contributed by atoms with E-state index in [9.17, 15) is 4.79 Å². The van der Waals surface area contributed by atoms with Crippen LogP contribution >= 0.6 is 0 Å². The Kier molecular flexibility index (Phi) is 4.20. The fourth-order valence-electron chi connectivity index (χ4n) is 2.51. The minimum Gasteiger partial charge on any atom is -0.478 e. The Bertz CT molecular complexity index is 418. The van der Waals surface area contributed by atoms with E-state index in [4.69, 9.17) is 5.11 Å². The van der Waals surface area contributed by atoms with Crippen LogP contribution in [0.5, 0.6) is 0 Å². The van der Waals surface area contributed by atoms with E-state index in [0.29, 0.717) is 11.6 Å². The largest absolute Gasteiger partial charge is 0.478 e. The van der Waals surface area contributed by atoms with E-state index in [-0.39, 0.29) is 0 Å². The van der Waals surface area contributed by atoms with Crippen molar-refractivity contribution in [1.82, 2.24) is 5.32 Å². The lowest BCUT2D eigenvalue weighted by Gasteiger charge is -2.38. The number of carboxylic acids is 1. The molecule has 4 nitrogen and oxygen atoms in total. The number of anilines is 1. The van der Waals surface area contributed by atoms with Crippen LogP contribution in [0.2, 0.25) is 0 Å². The molecule has 0 aliphatic carbocycles. The van der Waals surface area contributed by atoms with Crippen molar-refractivity contribution in [1.29, 1.82) is 0 Å². The molecule has 1 aromatic rings. The lowest BCUT2D eigenvalue weighted by atomic mass is 10.1. The molecule has 1 aliphatic rings. The van der Waals surface area contributed by atoms with Gasteiger partial charge in [-0.2, -0.15) is 0 Å². The molecule has 0 bridgehead atoms. The van der Waals surface area contributed by atoms with Gasteiger partial charge in [0.25, 0.3) is 0 Å². The molecule has 1 heterocycles. The van der Waals surface area contributed by atoms with E-state index in [0.717, 1.165) is 38.2 Å². The van der Waals surface area contributed by atoms with Crippen LogP contribution in [0.1, 0.15) is 30.1 Å². The van der Waals surface area contributed by atoms with E-state index in [2.05, 4.69) is 17.1 Å². The summed E-state index contributed by atoms with van der Waals surface area (Å²) in [6.45, 7) is 5.05. The van der Waals surface area contributed by atoms with Crippen molar-refractivity contribution in [2.24, 2.45) is 0 Å². The van der Waals surface area contributed by atoms with Crippen molar-refractivity contribution >= 4 is 11.7 Å². The maximum atomic E-state index is 11.0. The van der Waals surface area contributed by atoms with Gasteiger partial charge in [-0.05, 0) is 24.6 Å². The van der Waals surface area contributed by atoms with Crippen molar-refractivity contribution in [2.45, 2.75) is 25.8 Å². The van der Waals surface area contributed by atoms with Gasteiger partial charge >= 0.3 is 5.97 Å². The minimum atomic E-state index is -0.862. The van der Waals surface area contributed by atoms with Crippen molar-refractivity contribution in [2.75, 3.05) is 24.5 Å². The van der Waals surface area contributed by atoms with Gasteiger partial charge in [0, 0.05) is 31.4 Å². The van der Waals surface area contributed by atoms with Crippen LogP contribution in [0.3, 0.4) is 0 Å². The summed E-state index contributed by atoms with van der Waals surface area (Å²) in [4.78, 5) is 13.3. The quantitative estimate of drug-likeness (QED) is 0.855. The summed E-state index contributed by atoms with van der Waals surface area (Å²) < 4.78 is 0. The van der Waals surface area contributed by atoms with Gasteiger partial charge in [0.1, 0.15) is 0 Å². The molecular formula is C14H20N2O2. The highest BCUT2D eigenvalue weighted by Gasteiger charge is 2.22. The third-order valence-corrected chi connectivity index (χ3v) is 3.40. The zero-order valence-electron chi connectivity index (χ0n) is 10.7. The standard InChI is InChI=1S/C14H20N2O2/c1-2-4-13-10-15-7-8-16(13)12-6-3-5-11(9-12)14(17)18/h3,5-6,9,13,15H,2,4,7-8,10H2,1H3,(H,17,18). The van der Waals surface area contributed by atoms with E-state index in [1.54, 1.807) is 12.1 Å². The molecule has 1 atom stereocenters. The zero-order chi connectivity index (χ0) is 13.0. The average Bonchev–Trinajstić information content (AvgIpc) is 2.40. The van der Waals surface area contributed by atoms with E-state index in [1.807, 2.05) is 12.1 Å². The van der Waals surface area contributed by atoms with Crippen LogP contribution in [0.15, 0.2) is 24.3 Å². The summed E-state index contributed by atoms with van der Waals surface area (Å²) in [5, 5.41) is 12.4. The lowest BCUT2D eigenvalue weighted by molar-refractivity contribution is 0.0697. The first-order valence-electron chi connectivity index (χ1n) is 6.53. The Morgan fingerprint density at radius 2 is 2.39 bits per heavy atom. The number of aromatic carboxylic acids is 1. The maximum Gasteiger partial charge on any atom is 0.335 e. The second kappa shape index (κ2) is 5.87. The smallest absolute Gasteiger partial charge is 0.335 e. The Balaban J connectivity index is 2.22. The van der Waals surface area contributed by atoms with Crippen molar-refractivity contribution < 1.29 is 9.90 Å². The molecule has 1 unspecified atom stereocenters. The third-order valence-electron chi connectivity index (χ3n) is 3.40. The zero-order valence-corrected chi connectivity index (χ0v) is 10.7. The number of hydrogen-bond acceptors (Lipinski definition) is 3. The minimum absolute atomic E-state index is 0.362. The monoisotopic (exact) mass is 248 g/mol. The highest BCUT2D eigenvalue weighted by Crippen LogP contribution is 2.22. The van der Waals surface area contributed by atoms with E-state index < -0.39 is 5.97 Å². The first kappa shape index (κ1) is 12.9. The molecule has 2 rings (SSSR count). The van der Waals surface area contributed by atoms with Crippen LogP contribution in [-0.2, 0) is 0 Å². The molecule has 1 aromatic carbocycles. The van der Waals surface area contributed by atoms with Gasteiger partial charge in [-0.1, -0.05) is 19.4 Å². The maximum absolute atomic E-state index is 11.0. The first-order chi connectivity index (χ1) is 8.72. The number of nitrogens with zero attached hydrogens (tertiary/aromatic N) is 1. The molecule has 18 heavy (non-hydrogen) atoms. The van der Waals surface area contributed by atoms with Gasteiger partial charge in [0.05, 0.1) is 5.56 Å². The molecule has 1 fully saturated rings. The summed E-state index contributed by atoms with van der Waals surface area (Å²) in [5.41, 5.74) is 1.39. The number of carboxylic acid groups (broad SMARTS) is 1. The molecular weight excluding hydrogens is 228 g/mol. The van der Waals surface area contributed by atoms with Gasteiger partial charge in [-0.15, -0.1) is 0 Å². The van der Waals surface area contributed by atoms with Crippen LogP contribution in [-0.4, -0.2) is 36.8 Å². The molecule has 4 heteroatoms. The highest BCUT2D eigenvalue weighted by molar-refractivity contribution is 5.88. The molecule has 2 N–H and O–H groups in total. The van der Waals surface area contributed by atoms with Crippen molar-refractivity contribution in [3.63, 3.8) is 0 Å². The Hall–Kier alpha value is -1.55. The van der Waals surface area contributed by atoms with Crippen LogP contribution < -0.4 is 10.2 Å². The van der Waals surface area contributed by atoms with Gasteiger partial charge in [0.15, 0.2) is 0 Å². The van der Waals surface area contributed by atoms with Crippen molar-refractivity contribution in [3.8, 4) is 0 Å². The number of carbonyl (C=O) groups is 1. The van der Waals surface area contributed by atoms with Gasteiger partial charge in [-0.3, -0.25) is 0 Å². The fraction of sp³-hybridized carbons (Fsp3) is 0.500. The second-order valence-electron chi connectivity index (χ2n) is 4.70. The van der Waals surface area contributed by atoms with Crippen molar-refractivity contribution in [3.05, 3.63) is 29.8 Å². The summed E-state index contributed by atoms with van der Waals surface area (Å²) in [6.07, 6.45) is 2.27. The average molecular weight is 248 g/mol. The molecule has 0 spiro atoms. The summed E-state index contributed by atoms with van der Waals surface area (Å²) in [5.74, 6) is -0.862. The fourth-order valence-corrected chi connectivity index (χ4v) is 2.51. The van der Waals surface area contributed by atoms with Gasteiger partial charge in [-0.25, -0.2) is 4.79 Å². The highest BCUT2D eigenvalue weighted by atomic mass is 16.4. The molecule has 1 aliphatic heterocycles.